The molecule has 5 rings (SSSR count). The molecule has 7 nitrogen and oxygen atoms in total. The smallest absolute Gasteiger partial charge is 0.263 e. The van der Waals surface area contributed by atoms with Crippen molar-refractivity contribution in [3.8, 4) is 16.2 Å². The zero-order valence-corrected chi connectivity index (χ0v) is 15.5. The molecule has 0 bridgehead atoms. The lowest BCUT2D eigenvalue weighted by Gasteiger charge is -2.43. The Bertz CT molecular complexity index is 815. The average molecular weight is 374 g/mol. The largest absolute Gasteiger partial charge is 0.488 e. The Morgan fingerprint density at radius 3 is 3.00 bits per heavy atom. The quantitative estimate of drug-likeness (QED) is 0.858. The third-order valence-corrected chi connectivity index (χ3v) is 6.99. The van der Waals surface area contributed by atoms with Crippen LogP contribution in [0.2, 0.25) is 0 Å². The maximum atomic E-state index is 13.1. The van der Waals surface area contributed by atoms with E-state index in [4.69, 9.17) is 9.47 Å². The van der Waals surface area contributed by atoms with Gasteiger partial charge in [0.2, 0.25) is 0 Å². The van der Waals surface area contributed by atoms with Gasteiger partial charge < -0.3 is 19.7 Å². The molecule has 0 radical (unpaired) electrons. The number of nitrogens with one attached hydrogen (secondary N) is 2. The van der Waals surface area contributed by atoms with Gasteiger partial charge in [-0.05, 0) is 18.8 Å². The minimum Gasteiger partial charge on any atom is -0.488 e. The van der Waals surface area contributed by atoms with Gasteiger partial charge in [-0.25, -0.2) is 0 Å². The molecule has 26 heavy (non-hydrogen) atoms. The second-order valence-electron chi connectivity index (χ2n) is 7.18. The number of hydrogen-bond acceptors (Lipinski definition) is 6. The van der Waals surface area contributed by atoms with Crippen LogP contribution >= 0.6 is 11.3 Å². The highest BCUT2D eigenvalue weighted by molar-refractivity contribution is 7.18. The maximum Gasteiger partial charge on any atom is 0.263 e. The second kappa shape index (κ2) is 6.28. The maximum absolute atomic E-state index is 13.1. The van der Waals surface area contributed by atoms with Gasteiger partial charge in [0.15, 0.2) is 5.75 Å². The van der Waals surface area contributed by atoms with Crippen LogP contribution in [0, 0.1) is 5.92 Å². The van der Waals surface area contributed by atoms with E-state index < -0.39 is 0 Å². The van der Waals surface area contributed by atoms with E-state index >= 15 is 0 Å². The number of hydrogen-bond donors (Lipinski definition) is 2. The van der Waals surface area contributed by atoms with Gasteiger partial charge in [0, 0.05) is 18.9 Å². The number of carbonyl (C=O) groups excluding carboxylic acids is 1. The number of methoxy groups -OCH3 is 1. The Labute approximate surface area is 155 Å². The summed E-state index contributed by atoms with van der Waals surface area (Å²) in [7, 11) is 1.73. The second-order valence-corrected chi connectivity index (χ2v) is 8.20. The first-order valence-corrected chi connectivity index (χ1v) is 9.94. The van der Waals surface area contributed by atoms with Crippen molar-refractivity contribution in [2.24, 2.45) is 5.92 Å². The standard InChI is InChI=1S/C18H22N4O3S/c1-24-9-12-13(10-3-2-4-10)21-18(23)17-14-15(25-6-5-22(12)14)16(26-17)11-7-19-20-8-11/h7-8,10,12-13H,2-6,9H2,1H3,(H,19,20)(H,21,23)/t12-,13+/m0/s1. The summed E-state index contributed by atoms with van der Waals surface area (Å²) in [5.41, 5.74) is 1.88. The number of rotatable bonds is 4. The van der Waals surface area contributed by atoms with Crippen molar-refractivity contribution in [2.75, 3.05) is 31.8 Å². The van der Waals surface area contributed by atoms with Crippen molar-refractivity contribution in [1.29, 1.82) is 0 Å². The molecule has 0 saturated heterocycles. The molecule has 2 aromatic rings. The fourth-order valence-corrected chi connectivity index (χ4v) is 5.45. The first-order chi connectivity index (χ1) is 12.8. The van der Waals surface area contributed by atoms with Crippen molar-refractivity contribution in [3.05, 3.63) is 17.3 Å². The van der Waals surface area contributed by atoms with E-state index in [1.807, 2.05) is 6.20 Å². The zero-order chi connectivity index (χ0) is 17.7. The fraction of sp³-hybridized carbons (Fsp3) is 0.556. The first kappa shape index (κ1) is 16.1. The molecular formula is C18H22N4O3S. The third kappa shape index (κ3) is 2.35. The lowest BCUT2D eigenvalue weighted by Crippen LogP contribution is -2.57. The summed E-state index contributed by atoms with van der Waals surface area (Å²) in [6, 6.07) is 0.254. The van der Waals surface area contributed by atoms with Crippen molar-refractivity contribution >= 4 is 22.9 Å². The fourth-order valence-electron chi connectivity index (χ4n) is 4.31. The highest BCUT2D eigenvalue weighted by Crippen LogP contribution is 2.51. The van der Waals surface area contributed by atoms with E-state index in [9.17, 15) is 4.79 Å². The first-order valence-electron chi connectivity index (χ1n) is 9.13. The molecule has 0 aromatic carbocycles. The van der Waals surface area contributed by atoms with Crippen LogP contribution in [0.15, 0.2) is 12.4 Å². The molecule has 4 heterocycles. The van der Waals surface area contributed by atoms with Gasteiger partial charge in [-0.2, -0.15) is 5.10 Å². The van der Waals surface area contributed by atoms with Crippen molar-refractivity contribution in [1.82, 2.24) is 15.5 Å². The van der Waals surface area contributed by atoms with Crippen molar-refractivity contribution in [3.63, 3.8) is 0 Å². The molecule has 1 aliphatic carbocycles. The summed E-state index contributed by atoms with van der Waals surface area (Å²) in [6.45, 7) is 1.98. The van der Waals surface area contributed by atoms with Gasteiger partial charge in [-0.1, -0.05) is 6.42 Å². The number of carbonyl (C=O) groups is 1. The molecule has 2 aromatic heterocycles. The van der Waals surface area contributed by atoms with Gasteiger partial charge >= 0.3 is 0 Å². The van der Waals surface area contributed by atoms with Crippen LogP contribution in [-0.4, -0.2) is 55.1 Å². The molecule has 0 spiro atoms. The SMILES string of the molecule is COC[C@H]1[C@@H](C2CCC2)NC(=O)c2sc(-c3cn[nH]c3)c3c2N1CCO3. The van der Waals surface area contributed by atoms with Crippen LogP contribution in [0.5, 0.6) is 5.75 Å². The summed E-state index contributed by atoms with van der Waals surface area (Å²) >= 11 is 1.49. The number of H-pyrrole nitrogens is 1. The van der Waals surface area contributed by atoms with Gasteiger partial charge in [0.25, 0.3) is 5.91 Å². The third-order valence-electron chi connectivity index (χ3n) is 5.78. The van der Waals surface area contributed by atoms with E-state index in [1.165, 1.54) is 30.6 Å². The molecule has 1 saturated carbocycles. The Morgan fingerprint density at radius 2 is 2.31 bits per heavy atom. The minimum atomic E-state index is 0.00648. The normalized spacial score (nSPS) is 25.1. The van der Waals surface area contributed by atoms with Crippen molar-refractivity contribution < 1.29 is 14.3 Å². The summed E-state index contributed by atoms with van der Waals surface area (Å²) in [5, 5.41) is 10.2. The number of aromatic nitrogens is 2. The molecular weight excluding hydrogens is 352 g/mol. The number of ether oxygens (including phenoxy) is 2. The monoisotopic (exact) mass is 374 g/mol. The highest BCUT2D eigenvalue weighted by Gasteiger charge is 2.45. The predicted molar refractivity (Wildman–Crippen MR) is 99.0 cm³/mol. The van der Waals surface area contributed by atoms with E-state index in [0.29, 0.717) is 19.1 Å². The molecule has 2 aliphatic heterocycles. The topological polar surface area (TPSA) is 79.5 Å². The summed E-state index contributed by atoms with van der Waals surface area (Å²) in [5.74, 6) is 1.35. The van der Waals surface area contributed by atoms with Crippen LogP contribution in [0.4, 0.5) is 5.69 Å². The van der Waals surface area contributed by atoms with Gasteiger partial charge in [-0.3, -0.25) is 9.89 Å². The molecule has 3 aliphatic rings. The van der Waals surface area contributed by atoms with Gasteiger partial charge in [-0.15, -0.1) is 11.3 Å². The molecule has 138 valence electrons. The number of anilines is 1. The predicted octanol–water partition coefficient (Wildman–Crippen LogP) is 2.26. The summed E-state index contributed by atoms with van der Waals surface area (Å²) in [6.07, 6.45) is 7.21. The lowest BCUT2D eigenvalue weighted by atomic mass is 9.76. The number of amides is 1. The van der Waals surface area contributed by atoms with E-state index in [-0.39, 0.29) is 18.0 Å². The number of nitrogens with zero attached hydrogens (tertiary/aromatic N) is 2. The Hall–Kier alpha value is -2.06. The van der Waals surface area contributed by atoms with Crippen LogP contribution < -0.4 is 15.0 Å². The minimum absolute atomic E-state index is 0.00648. The van der Waals surface area contributed by atoms with Gasteiger partial charge in [0.1, 0.15) is 17.2 Å². The molecule has 2 atom stereocenters. The number of aromatic amines is 1. The van der Waals surface area contributed by atoms with Crippen LogP contribution in [0.3, 0.4) is 0 Å². The summed E-state index contributed by atoms with van der Waals surface area (Å²) in [4.78, 5) is 17.1. The molecule has 0 unspecified atom stereocenters. The van der Waals surface area contributed by atoms with Crippen LogP contribution in [0.1, 0.15) is 28.9 Å². The molecule has 8 heteroatoms. The van der Waals surface area contributed by atoms with Crippen LogP contribution in [0.25, 0.3) is 10.4 Å². The Balaban J connectivity index is 1.63. The molecule has 1 fully saturated rings. The highest BCUT2D eigenvalue weighted by atomic mass is 32.1. The average Bonchev–Trinajstić information content (AvgIpc) is 3.22. The lowest BCUT2D eigenvalue weighted by molar-refractivity contribution is 0.0846. The molecule has 1 amide bonds. The zero-order valence-electron chi connectivity index (χ0n) is 14.7. The van der Waals surface area contributed by atoms with Crippen molar-refractivity contribution in [2.45, 2.75) is 31.3 Å². The van der Waals surface area contributed by atoms with E-state index in [1.54, 1.807) is 13.3 Å². The van der Waals surface area contributed by atoms with Crippen LogP contribution in [-0.2, 0) is 4.74 Å². The van der Waals surface area contributed by atoms with E-state index in [2.05, 4.69) is 20.4 Å². The number of thiophene rings is 1. The Morgan fingerprint density at radius 1 is 1.42 bits per heavy atom. The van der Waals surface area contributed by atoms with Gasteiger partial charge in [0.05, 0.1) is 36.3 Å². The summed E-state index contributed by atoms with van der Waals surface area (Å²) < 4.78 is 11.6. The molecule has 2 N–H and O–H groups in total. The Kier molecular flexibility index (Phi) is 3.90. The van der Waals surface area contributed by atoms with E-state index in [0.717, 1.165) is 33.3 Å².